The van der Waals surface area contributed by atoms with Crippen LogP contribution < -0.4 is 5.73 Å². The lowest BCUT2D eigenvalue weighted by Gasteiger charge is -2.54. The number of fused-ring (bicyclic) bond motifs is 2. The summed E-state index contributed by atoms with van der Waals surface area (Å²) in [6.45, 7) is 6.43. The Morgan fingerprint density at radius 3 is 2.47 bits per heavy atom. The molecule has 0 aromatic rings. The van der Waals surface area contributed by atoms with Crippen LogP contribution in [0.3, 0.4) is 0 Å². The number of hydrogen-bond donors (Lipinski definition) is 1. The summed E-state index contributed by atoms with van der Waals surface area (Å²) in [6.07, 6.45) is 7.18. The van der Waals surface area contributed by atoms with Gasteiger partial charge in [-0.1, -0.05) is 0 Å². The number of ether oxygens (including phenoxy) is 1. The molecule has 0 aromatic heterocycles. The Kier molecular flexibility index (Phi) is 2.80. The van der Waals surface area contributed by atoms with E-state index >= 15 is 0 Å². The first-order valence-corrected chi connectivity index (χ1v) is 7.72. The van der Waals surface area contributed by atoms with E-state index < -0.39 is 0 Å². The maximum atomic E-state index is 12.1. The average molecular weight is 265 g/mol. The van der Waals surface area contributed by atoms with E-state index in [1.807, 2.05) is 20.8 Å². The minimum absolute atomic E-state index is 0.0547. The molecular weight excluding hydrogens is 238 g/mol. The molecule has 3 atom stereocenters. The average Bonchev–Trinajstić information content (AvgIpc) is 2.94. The van der Waals surface area contributed by atoms with Crippen LogP contribution in [0.2, 0.25) is 0 Å². The fourth-order valence-corrected chi connectivity index (χ4v) is 4.73. The monoisotopic (exact) mass is 265 g/mol. The van der Waals surface area contributed by atoms with E-state index in [2.05, 4.69) is 0 Å². The Balaban J connectivity index is 1.64. The van der Waals surface area contributed by atoms with Gasteiger partial charge in [0.2, 0.25) is 0 Å². The molecule has 3 fully saturated rings. The van der Waals surface area contributed by atoms with Crippen molar-refractivity contribution >= 4 is 5.97 Å². The van der Waals surface area contributed by atoms with Gasteiger partial charge in [-0.05, 0) is 82.1 Å². The Hall–Kier alpha value is -0.570. The van der Waals surface area contributed by atoms with Gasteiger partial charge in [0.1, 0.15) is 5.60 Å². The van der Waals surface area contributed by atoms with Crippen LogP contribution in [0.1, 0.15) is 59.3 Å². The molecule has 3 aliphatic rings. The Morgan fingerprint density at radius 1 is 1.26 bits per heavy atom. The smallest absolute Gasteiger partial charge is 0.306 e. The summed E-state index contributed by atoms with van der Waals surface area (Å²) in [5, 5.41) is 0. The van der Waals surface area contributed by atoms with Gasteiger partial charge in [0.05, 0.1) is 6.42 Å². The van der Waals surface area contributed by atoms with Crippen LogP contribution in [0, 0.1) is 22.7 Å². The van der Waals surface area contributed by atoms with Gasteiger partial charge in [-0.2, -0.15) is 0 Å². The van der Waals surface area contributed by atoms with Gasteiger partial charge in [-0.25, -0.2) is 0 Å². The number of rotatable bonds is 3. The zero-order valence-electron chi connectivity index (χ0n) is 12.5. The fraction of sp³-hybridized carbons (Fsp3) is 0.938. The van der Waals surface area contributed by atoms with Crippen molar-refractivity contribution < 1.29 is 9.53 Å². The van der Waals surface area contributed by atoms with Gasteiger partial charge in [-0.15, -0.1) is 0 Å². The Morgan fingerprint density at radius 2 is 1.95 bits per heavy atom. The third-order valence-corrected chi connectivity index (χ3v) is 5.85. The van der Waals surface area contributed by atoms with Crippen molar-refractivity contribution in [1.29, 1.82) is 0 Å². The number of hydrogen-bond acceptors (Lipinski definition) is 3. The summed E-state index contributed by atoms with van der Waals surface area (Å²) in [5.74, 6) is 1.49. The van der Waals surface area contributed by atoms with Crippen LogP contribution in [0.5, 0.6) is 0 Å². The van der Waals surface area contributed by atoms with Crippen LogP contribution in [0.15, 0.2) is 0 Å². The Labute approximate surface area is 116 Å². The summed E-state index contributed by atoms with van der Waals surface area (Å²) in [4.78, 5) is 12.1. The van der Waals surface area contributed by atoms with Gasteiger partial charge >= 0.3 is 5.97 Å². The third kappa shape index (κ3) is 2.10. The summed E-state index contributed by atoms with van der Waals surface area (Å²) in [6, 6.07) is 0. The molecule has 3 heteroatoms. The second-order valence-electron chi connectivity index (χ2n) is 8.15. The maximum absolute atomic E-state index is 12.1. The summed E-state index contributed by atoms with van der Waals surface area (Å²) < 4.78 is 5.49. The quantitative estimate of drug-likeness (QED) is 0.798. The second kappa shape index (κ2) is 3.97. The molecule has 0 amide bonds. The molecular formula is C16H27NO2. The van der Waals surface area contributed by atoms with Crippen molar-refractivity contribution in [1.82, 2.24) is 0 Å². The lowest BCUT2D eigenvalue weighted by Crippen LogP contribution is -2.53. The molecule has 19 heavy (non-hydrogen) atoms. The minimum Gasteiger partial charge on any atom is -0.460 e. The zero-order valence-corrected chi connectivity index (χ0v) is 12.5. The molecule has 0 heterocycles. The highest BCUT2D eigenvalue weighted by atomic mass is 16.6. The minimum atomic E-state index is -0.386. The molecule has 108 valence electrons. The van der Waals surface area contributed by atoms with Gasteiger partial charge in [0, 0.05) is 0 Å². The molecule has 1 spiro atoms. The number of carbonyl (C=O) groups is 1. The van der Waals surface area contributed by atoms with E-state index in [0.717, 1.165) is 12.3 Å². The van der Waals surface area contributed by atoms with Crippen molar-refractivity contribution in [2.24, 2.45) is 28.4 Å². The molecule has 0 saturated heterocycles. The molecule has 0 radical (unpaired) electrons. The predicted molar refractivity (Wildman–Crippen MR) is 74.4 cm³/mol. The van der Waals surface area contributed by atoms with Gasteiger partial charge < -0.3 is 10.5 Å². The lowest BCUT2D eigenvalue weighted by molar-refractivity contribution is -0.164. The van der Waals surface area contributed by atoms with Gasteiger partial charge in [-0.3, -0.25) is 4.79 Å². The van der Waals surface area contributed by atoms with Crippen LogP contribution in [0.25, 0.3) is 0 Å². The first-order valence-electron chi connectivity index (χ1n) is 7.72. The topological polar surface area (TPSA) is 52.3 Å². The largest absolute Gasteiger partial charge is 0.460 e. The summed E-state index contributed by atoms with van der Waals surface area (Å²) in [5.41, 5.74) is 6.39. The third-order valence-electron chi connectivity index (χ3n) is 5.85. The molecule has 0 bridgehead atoms. The first kappa shape index (κ1) is 13.4. The summed E-state index contributed by atoms with van der Waals surface area (Å²) in [7, 11) is 0. The number of nitrogens with two attached hydrogens (primary N) is 1. The first-order chi connectivity index (χ1) is 8.80. The highest BCUT2D eigenvalue weighted by Crippen LogP contribution is 2.74. The SMILES string of the molecule is CC(C)(C)OC(=O)C[C@@]1(CN)C[C@@H]2[C@H]1CCC21CC1. The normalized spacial score (nSPS) is 38.7. The molecule has 2 N–H and O–H groups in total. The van der Waals surface area contributed by atoms with Crippen LogP contribution in [0.4, 0.5) is 0 Å². The van der Waals surface area contributed by atoms with Crippen LogP contribution >= 0.6 is 0 Å². The number of esters is 1. The van der Waals surface area contributed by atoms with E-state index in [1.165, 1.54) is 25.7 Å². The molecule has 0 unspecified atom stereocenters. The van der Waals surface area contributed by atoms with E-state index in [-0.39, 0.29) is 17.0 Å². The molecule has 3 saturated carbocycles. The molecule has 3 nitrogen and oxygen atoms in total. The van der Waals surface area contributed by atoms with Gasteiger partial charge in [0.25, 0.3) is 0 Å². The fourth-order valence-electron chi connectivity index (χ4n) is 4.73. The summed E-state index contributed by atoms with van der Waals surface area (Å²) >= 11 is 0. The van der Waals surface area contributed by atoms with E-state index in [1.54, 1.807) is 0 Å². The van der Waals surface area contributed by atoms with Crippen molar-refractivity contribution in [2.75, 3.05) is 6.54 Å². The second-order valence-corrected chi connectivity index (χ2v) is 8.15. The Bertz CT molecular complexity index is 394. The molecule has 0 aromatic carbocycles. The van der Waals surface area contributed by atoms with Crippen LogP contribution in [-0.4, -0.2) is 18.1 Å². The van der Waals surface area contributed by atoms with Crippen molar-refractivity contribution in [3.8, 4) is 0 Å². The van der Waals surface area contributed by atoms with Crippen molar-refractivity contribution in [3.05, 3.63) is 0 Å². The van der Waals surface area contributed by atoms with Crippen LogP contribution in [-0.2, 0) is 9.53 Å². The lowest BCUT2D eigenvalue weighted by atomic mass is 9.51. The molecule has 3 rings (SSSR count). The van der Waals surface area contributed by atoms with Gasteiger partial charge in [0.15, 0.2) is 0 Å². The molecule has 3 aliphatic carbocycles. The van der Waals surface area contributed by atoms with E-state index in [4.69, 9.17) is 10.5 Å². The standard InChI is InChI=1S/C16H27NO2/c1-14(2,3)19-13(18)9-16(10-17)8-12-11(16)4-5-15(12)6-7-15/h11-12H,4-10,17H2,1-3H3/t11-,12-,16-/m1/s1. The number of carbonyl (C=O) groups excluding carboxylic acids is 1. The maximum Gasteiger partial charge on any atom is 0.306 e. The highest BCUT2D eigenvalue weighted by Gasteiger charge is 2.67. The zero-order chi connectivity index (χ0) is 13.9. The molecule has 0 aliphatic heterocycles. The predicted octanol–water partition coefficient (Wildman–Crippen LogP) is 2.87. The highest BCUT2D eigenvalue weighted by molar-refractivity contribution is 5.71. The van der Waals surface area contributed by atoms with Crippen molar-refractivity contribution in [3.63, 3.8) is 0 Å². The van der Waals surface area contributed by atoms with Crippen molar-refractivity contribution in [2.45, 2.75) is 64.9 Å². The van der Waals surface area contributed by atoms with E-state index in [9.17, 15) is 4.79 Å². The van der Waals surface area contributed by atoms with E-state index in [0.29, 0.717) is 24.3 Å².